The molecule has 1 amide bonds. The number of ketones is 1. The van der Waals surface area contributed by atoms with Gasteiger partial charge in [-0.1, -0.05) is 76.1 Å². The fourth-order valence-electron chi connectivity index (χ4n) is 3.75. The number of ether oxygens (including phenoxy) is 1. The molecular formula is C25H22BrNO3. The van der Waals surface area contributed by atoms with Crippen LogP contribution in [0, 0.1) is 6.92 Å². The predicted molar refractivity (Wildman–Crippen MR) is 121 cm³/mol. The van der Waals surface area contributed by atoms with Crippen molar-refractivity contribution in [1.29, 1.82) is 0 Å². The summed E-state index contributed by atoms with van der Waals surface area (Å²) in [4.78, 5) is 25.1. The zero-order valence-corrected chi connectivity index (χ0v) is 18.2. The van der Waals surface area contributed by atoms with Gasteiger partial charge in [0.1, 0.15) is 12.4 Å². The summed E-state index contributed by atoms with van der Waals surface area (Å²) in [5, 5.41) is 2.98. The highest BCUT2D eigenvalue weighted by Crippen LogP contribution is 2.43. The minimum absolute atomic E-state index is 0.00119. The highest BCUT2D eigenvalue weighted by Gasteiger charge is 2.28. The van der Waals surface area contributed by atoms with Crippen molar-refractivity contribution in [2.45, 2.75) is 25.7 Å². The van der Waals surface area contributed by atoms with Crippen LogP contribution in [0.4, 0.5) is 5.69 Å². The van der Waals surface area contributed by atoms with Crippen molar-refractivity contribution in [2.24, 2.45) is 0 Å². The summed E-state index contributed by atoms with van der Waals surface area (Å²) in [6, 6.07) is 21.6. The second kappa shape index (κ2) is 8.84. The first kappa shape index (κ1) is 20.4. The quantitative estimate of drug-likeness (QED) is 0.561. The average Bonchev–Trinajstić information content (AvgIpc) is 2.89. The molecule has 1 unspecified atom stereocenters. The Morgan fingerprint density at radius 3 is 2.57 bits per heavy atom. The lowest BCUT2D eigenvalue weighted by molar-refractivity contribution is -0.120. The van der Waals surface area contributed by atoms with Gasteiger partial charge in [-0.3, -0.25) is 9.59 Å². The molecule has 152 valence electrons. The van der Waals surface area contributed by atoms with E-state index >= 15 is 0 Å². The first-order valence-electron chi connectivity index (χ1n) is 9.88. The van der Waals surface area contributed by atoms with Gasteiger partial charge in [-0.05, 0) is 30.2 Å². The van der Waals surface area contributed by atoms with Crippen LogP contribution in [0.3, 0.4) is 0 Å². The average molecular weight is 464 g/mol. The van der Waals surface area contributed by atoms with Gasteiger partial charge in [0, 0.05) is 22.4 Å². The van der Waals surface area contributed by atoms with Crippen molar-refractivity contribution in [3.8, 4) is 5.75 Å². The molecule has 0 bridgehead atoms. The number of carbonyl (C=O) groups is 2. The molecule has 0 aromatic heterocycles. The number of carbonyl (C=O) groups excluding carboxylic acids is 2. The smallest absolute Gasteiger partial charge is 0.228 e. The number of halogens is 1. The number of fused-ring (bicyclic) bond motifs is 1. The molecule has 4 nitrogen and oxygen atoms in total. The van der Waals surface area contributed by atoms with Crippen LogP contribution in [0.5, 0.6) is 5.75 Å². The summed E-state index contributed by atoms with van der Waals surface area (Å²) in [5.74, 6) is 0.347. The lowest BCUT2D eigenvalue weighted by Crippen LogP contribution is -2.16. The van der Waals surface area contributed by atoms with Gasteiger partial charge in [0.25, 0.3) is 0 Å². The minimum Gasteiger partial charge on any atom is -0.483 e. The Morgan fingerprint density at radius 1 is 1.10 bits per heavy atom. The van der Waals surface area contributed by atoms with Crippen LogP contribution >= 0.6 is 15.9 Å². The third-order valence-corrected chi connectivity index (χ3v) is 5.69. The molecule has 0 saturated carbocycles. The van der Waals surface area contributed by atoms with E-state index in [2.05, 4.69) is 21.2 Å². The van der Waals surface area contributed by atoms with Crippen LogP contribution in [0.2, 0.25) is 0 Å². The standard InChI is InChI=1S/C25H22BrNO3/c1-16-7-9-17(10-8-16)11-24(29)27-23-13-19(26)12-22-21(18-5-3-2-4-6-18)14-20(28)15-30-25(22)23/h2-10,12-13,21H,11,14-15H2,1H3,(H,27,29). The molecule has 3 aromatic rings. The second-order valence-corrected chi connectivity index (χ2v) is 8.49. The van der Waals surface area contributed by atoms with Gasteiger partial charge < -0.3 is 10.1 Å². The lowest BCUT2D eigenvalue weighted by atomic mass is 9.87. The number of anilines is 1. The molecule has 0 radical (unpaired) electrons. The molecule has 30 heavy (non-hydrogen) atoms. The summed E-state index contributed by atoms with van der Waals surface area (Å²) in [7, 11) is 0. The molecule has 3 aromatic carbocycles. The Balaban J connectivity index is 1.67. The van der Waals surface area contributed by atoms with Crippen LogP contribution < -0.4 is 10.1 Å². The molecule has 1 heterocycles. The molecule has 1 atom stereocenters. The van der Waals surface area contributed by atoms with Gasteiger partial charge in [0.15, 0.2) is 5.78 Å². The first-order valence-corrected chi connectivity index (χ1v) is 10.7. The molecule has 4 rings (SSSR count). The van der Waals surface area contributed by atoms with Crippen LogP contribution in [0.15, 0.2) is 71.2 Å². The van der Waals surface area contributed by atoms with Gasteiger partial charge in [0.2, 0.25) is 5.91 Å². The zero-order valence-electron chi connectivity index (χ0n) is 16.7. The topological polar surface area (TPSA) is 55.4 Å². The molecule has 0 aliphatic carbocycles. The number of hydrogen-bond acceptors (Lipinski definition) is 3. The van der Waals surface area contributed by atoms with E-state index in [0.717, 1.165) is 26.7 Å². The van der Waals surface area contributed by atoms with Crippen molar-refractivity contribution in [1.82, 2.24) is 0 Å². The normalized spacial score (nSPS) is 15.7. The molecular weight excluding hydrogens is 442 g/mol. The van der Waals surface area contributed by atoms with Crippen molar-refractivity contribution in [3.63, 3.8) is 0 Å². The summed E-state index contributed by atoms with van der Waals surface area (Å²) in [5.41, 5.74) is 4.62. The summed E-state index contributed by atoms with van der Waals surface area (Å²) in [6.45, 7) is 2.02. The fraction of sp³-hybridized carbons (Fsp3) is 0.200. The third kappa shape index (κ3) is 4.62. The maximum Gasteiger partial charge on any atom is 0.228 e. The van der Waals surface area contributed by atoms with E-state index in [1.165, 1.54) is 0 Å². The number of hydrogen-bond donors (Lipinski definition) is 1. The van der Waals surface area contributed by atoms with Crippen molar-refractivity contribution < 1.29 is 14.3 Å². The van der Waals surface area contributed by atoms with Crippen molar-refractivity contribution >= 4 is 33.3 Å². The number of nitrogens with one attached hydrogen (secondary N) is 1. The Bertz CT molecular complexity index is 1080. The van der Waals surface area contributed by atoms with E-state index < -0.39 is 0 Å². The summed E-state index contributed by atoms with van der Waals surface area (Å²) in [6.07, 6.45) is 0.632. The number of rotatable bonds is 4. The number of amides is 1. The van der Waals surface area contributed by atoms with Gasteiger partial charge in [-0.2, -0.15) is 0 Å². The van der Waals surface area contributed by atoms with E-state index in [4.69, 9.17) is 4.74 Å². The Hall–Kier alpha value is -2.92. The van der Waals surface area contributed by atoms with E-state index in [9.17, 15) is 9.59 Å². The lowest BCUT2D eigenvalue weighted by Gasteiger charge is -2.20. The predicted octanol–water partition coefficient (Wildman–Crippen LogP) is 5.42. The molecule has 0 saturated heterocycles. The van der Waals surface area contributed by atoms with Crippen LogP contribution in [-0.4, -0.2) is 18.3 Å². The summed E-state index contributed by atoms with van der Waals surface area (Å²) < 4.78 is 6.71. The monoisotopic (exact) mass is 463 g/mol. The van der Waals surface area contributed by atoms with Gasteiger partial charge in [-0.15, -0.1) is 0 Å². The Labute approximate surface area is 184 Å². The highest BCUT2D eigenvalue weighted by atomic mass is 79.9. The van der Waals surface area contributed by atoms with Gasteiger partial charge in [-0.25, -0.2) is 0 Å². The number of Topliss-reactive ketones (excluding diaryl/α,β-unsaturated/α-hetero) is 1. The van der Waals surface area contributed by atoms with Crippen molar-refractivity contribution in [2.75, 3.05) is 11.9 Å². The molecule has 1 N–H and O–H groups in total. The van der Waals surface area contributed by atoms with Crippen LogP contribution in [0.25, 0.3) is 0 Å². The molecule has 0 fully saturated rings. The van der Waals surface area contributed by atoms with E-state index in [0.29, 0.717) is 17.9 Å². The van der Waals surface area contributed by atoms with E-state index in [1.807, 2.05) is 73.7 Å². The molecule has 1 aliphatic rings. The zero-order chi connectivity index (χ0) is 21.1. The first-order chi connectivity index (χ1) is 14.5. The maximum atomic E-state index is 12.7. The molecule has 0 spiro atoms. The second-order valence-electron chi connectivity index (χ2n) is 7.58. The summed E-state index contributed by atoms with van der Waals surface area (Å²) >= 11 is 3.55. The Morgan fingerprint density at radius 2 is 1.83 bits per heavy atom. The SMILES string of the molecule is Cc1ccc(CC(=O)Nc2cc(Br)cc3c2OCC(=O)CC3c2ccccc2)cc1. The van der Waals surface area contributed by atoms with Gasteiger partial charge >= 0.3 is 0 Å². The minimum atomic E-state index is -0.130. The van der Waals surface area contributed by atoms with Crippen molar-refractivity contribution in [3.05, 3.63) is 93.5 Å². The highest BCUT2D eigenvalue weighted by molar-refractivity contribution is 9.10. The number of aryl methyl sites for hydroxylation is 1. The van der Waals surface area contributed by atoms with Gasteiger partial charge in [0.05, 0.1) is 12.1 Å². The molecule has 1 aliphatic heterocycles. The third-order valence-electron chi connectivity index (χ3n) is 5.23. The maximum absolute atomic E-state index is 12.7. The largest absolute Gasteiger partial charge is 0.483 e. The van der Waals surface area contributed by atoms with Crippen LogP contribution in [-0.2, 0) is 16.0 Å². The van der Waals surface area contributed by atoms with E-state index in [-0.39, 0.29) is 30.6 Å². The van der Waals surface area contributed by atoms with Crippen LogP contribution in [0.1, 0.15) is 34.6 Å². The van der Waals surface area contributed by atoms with E-state index in [1.54, 1.807) is 0 Å². The Kier molecular flexibility index (Phi) is 6.00. The molecule has 5 heteroatoms. The number of benzene rings is 3. The fourth-order valence-corrected chi connectivity index (χ4v) is 4.22.